The molecule has 0 fully saturated rings. The number of nitrogens with zero attached hydrogens (tertiary/aromatic N) is 1. The molecule has 140 valence electrons. The van der Waals surface area contributed by atoms with Crippen LogP contribution in [0.4, 0.5) is 0 Å². The first-order valence-electron chi connectivity index (χ1n) is 8.70. The monoisotopic (exact) mass is 367 g/mol. The number of methoxy groups -OCH3 is 1. The van der Waals surface area contributed by atoms with E-state index in [9.17, 15) is 14.4 Å². The van der Waals surface area contributed by atoms with E-state index in [0.29, 0.717) is 17.5 Å². The van der Waals surface area contributed by atoms with Gasteiger partial charge in [-0.15, -0.1) is 0 Å². The zero-order valence-corrected chi connectivity index (χ0v) is 15.3. The van der Waals surface area contributed by atoms with E-state index in [0.717, 1.165) is 10.5 Å². The number of rotatable bonds is 7. The maximum atomic E-state index is 12.9. The van der Waals surface area contributed by atoms with Crippen molar-refractivity contribution in [1.29, 1.82) is 0 Å². The second-order valence-corrected chi connectivity index (χ2v) is 6.36. The van der Waals surface area contributed by atoms with Gasteiger partial charge in [0.2, 0.25) is 0 Å². The Morgan fingerprint density at radius 3 is 2.04 bits per heavy atom. The minimum Gasteiger partial charge on any atom is -0.464 e. The molecule has 2 aromatic carbocycles. The molecule has 0 aliphatic carbocycles. The predicted molar refractivity (Wildman–Crippen MR) is 98.3 cm³/mol. The molecule has 0 N–H and O–H groups in total. The second kappa shape index (κ2) is 8.14. The molecule has 3 rings (SSSR count). The van der Waals surface area contributed by atoms with Crippen LogP contribution in [-0.2, 0) is 20.7 Å². The van der Waals surface area contributed by atoms with Gasteiger partial charge in [-0.2, -0.15) is 0 Å². The van der Waals surface area contributed by atoms with Crippen molar-refractivity contribution in [1.82, 2.24) is 4.90 Å². The minimum atomic E-state index is -0.730. The molecule has 1 aliphatic rings. The smallest absolute Gasteiger partial charge is 0.302 e. The first kappa shape index (κ1) is 18.8. The molecule has 1 aliphatic heterocycles. The van der Waals surface area contributed by atoms with Crippen molar-refractivity contribution in [2.75, 3.05) is 13.7 Å². The van der Waals surface area contributed by atoms with Crippen molar-refractivity contribution < 1.29 is 23.9 Å². The van der Waals surface area contributed by atoms with Crippen molar-refractivity contribution in [2.45, 2.75) is 25.5 Å². The van der Waals surface area contributed by atoms with Gasteiger partial charge < -0.3 is 9.47 Å². The van der Waals surface area contributed by atoms with Gasteiger partial charge in [0.05, 0.1) is 17.2 Å². The Hall–Kier alpha value is -2.99. The van der Waals surface area contributed by atoms with E-state index in [2.05, 4.69) is 0 Å². The van der Waals surface area contributed by atoms with E-state index in [1.54, 1.807) is 24.3 Å². The molecule has 0 saturated carbocycles. The van der Waals surface area contributed by atoms with Crippen LogP contribution in [0.2, 0.25) is 0 Å². The van der Waals surface area contributed by atoms with Crippen LogP contribution in [0.1, 0.15) is 33.2 Å². The van der Waals surface area contributed by atoms with E-state index >= 15 is 0 Å². The van der Waals surface area contributed by atoms with E-state index in [4.69, 9.17) is 9.47 Å². The highest BCUT2D eigenvalue weighted by Crippen LogP contribution is 2.27. The molecule has 0 unspecified atom stereocenters. The number of carbonyl (C=O) groups is 3. The summed E-state index contributed by atoms with van der Waals surface area (Å²) >= 11 is 0. The summed E-state index contributed by atoms with van der Waals surface area (Å²) in [5.74, 6) is -1.28. The van der Waals surface area contributed by atoms with Crippen LogP contribution in [0.3, 0.4) is 0 Å². The number of esters is 1. The van der Waals surface area contributed by atoms with Gasteiger partial charge in [0.1, 0.15) is 12.6 Å². The van der Waals surface area contributed by atoms with Gasteiger partial charge in [0, 0.05) is 20.5 Å². The Morgan fingerprint density at radius 2 is 1.52 bits per heavy atom. The van der Waals surface area contributed by atoms with E-state index in [1.807, 2.05) is 30.3 Å². The van der Waals surface area contributed by atoms with Gasteiger partial charge in [-0.05, 0) is 17.7 Å². The molecule has 0 bridgehead atoms. The van der Waals surface area contributed by atoms with E-state index < -0.39 is 29.9 Å². The predicted octanol–water partition coefficient (Wildman–Crippen LogP) is 2.47. The zero-order chi connectivity index (χ0) is 19.4. The quantitative estimate of drug-likeness (QED) is 0.555. The molecule has 2 atom stereocenters. The van der Waals surface area contributed by atoms with Gasteiger partial charge in [-0.1, -0.05) is 42.5 Å². The van der Waals surface area contributed by atoms with E-state index in [1.165, 1.54) is 14.0 Å². The van der Waals surface area contributed by atoms with Gasteiger partial charge in [0.15, 0.2) is 0 Å². The Bertz CT molecular complexity index is 814. The summed E-state index contributed by atoms with van der Waals surface area (Å²) < 4.78 is 10.8. The average Bonchev–Trinajstić information content (AvgIpc) is 2.93. The fourth-order valence-electron chi connectivity index (χ4n) is 3.28. The summed E-state index contributed by atoms with van der Waals surface area (Å²) in [6.45, 7) is 1.17. The van der Waals surface area contributed by atoms with Crippen LogP contribution in [0.15, 0.2) is 54.6 Å². The lowest BCUT2D eigenvalue weighted by Gasteiger charge is -2.32. The van der Waals surface area contributed by atoms with Crippen molar-refractivity contribution in [3.63, 3.8) is 0 Å². The third-order valence-electron chi connectivity index (χ3n) is 4.63. The maximum Gasteiger partial charge on any atom is 0.302 e. The molecule has 0 spiro atoms. The number of ether oxygens (including phenoxy) is 2. The molecular weight excluding hydrogens is 346 g/mol. The number of benzene rings is 2. The third kappa shape index (κ3) is 3.90. The largest absolute Gasteiger partial charge is 0.464 e. The molecule has 0 saturated heterocycles. The maximum absolute atomic E-state index is 12.9. The summed E-state index contributed by atoms with van der Waals surface area (Å²) in [5, 5.41) is 0. The Kier molecular flexibility index (Phi) is 5.66. The Balaban J connectivity index is 1.92. The molecule has 6 nitrogen and oxygen atoms in total. The average molecular weight is 367 g/mol. The molecule has 6 heteroatoms. The molecular formula is C21H21NO5. The third-order valence-corrected chi connectivity index (χ3v) is 4.63. The van der Waals surface area contributed by atoms with Crippen LogP contribution in [-0.4, -0.2) is 48.5 Å². The lowest BCUT2D eigenvalue weighted by molar-refractivity contribution is -0.143. The van der Waals surface area contributed by atoms with E-state index in [-0.39, 0.29) is 6.61 Å². The molecule has 2 amide bonds. The standard InChI is InChI=1S/C21H21NO5/c1-14(23)27-13-18(19(26-2)12-15-8-4-3-5-9-15)22-20(24)16-10-6-7-11-17(16)21(22)25/h3-11,18-19H,12-13H2,1-2H3/t18-,19-/m0/s1. The number of fused-ring (bicyclic) bond motifs is 1. The number of imide groups is 1. The van der Waals surface area contributed by atoms with Crippen LogP contribution >= 0.6 is 0 Å². The second-order valence-electron chi connectivity index (χ2n) is 6.36. The highest BCUT2D eigenvalue weighted by atomic mass is 16.5. The SMILES string of the molecule is CO[C@@H](Cc1ccccc1)[C@H](COC(C)=O)N1C(=O)c2ccccc2C1=O. The number of hydrogen-bond acceptors (Lipinski definition) is 5. The fourth-order valence-corrected chi connectivity index (χ4v) is 3.28. The number of hydrogen-bond donors (Lipinski definition) is 0. The van der Waals surface area contributed by atoms with Gasteiger partial charge in [-0.3, -0.25) is 19.3 Å². The highest BCUT2D eigenvalue weighted by Gasteiger charge is 2.43. The molecule has 2 aromatic rings. The molecule has 1 heterocycles. The molecule has 0 aromatic heterocycles. The van der Waals surface area contributed by atoms with Gasteiger partial charge in [0.25, 0.3) is 11.8 Å². The fraction of sp³-hybridized carbons (Fsp3) is 0.286. The minimum absolute atomic E-state index is 0.119. The number of amides is 2. The normalized spacial score (nSPS) is 15.4. The topological polar surface area (TPSA) is 72.9 Å². The summed E-state index contributed by atoms with van der Waals surface area (Å²) in [5.41, 5.74) is 1.70. The highest BCUT2D eigenvalue weighted by molar-refractivity contribution is 6.21. The molecule has 27 heavy (non-hydrogen) atoms. The van der Waals surface area contributed by atoms with Crippen molar-refractivity contribution >= 4 is 17.8 Å². The van der Waals surface area contributed by atoms with Gasteiger partial charge >= 0.3 is 5.97 Å². The Morgan fingerprint density at radius 1 is 0.963 bits per heavy atom. The number of carbonyl (C=O) groups excluding carboxylic acids is 3. The summed E-state index contributed by atoms with van der Waals surface area (Å²) in [6.07, 6.45) is -0.0506. The first-order valence-corrected chi connectivity index (χ1v) is 8.70. The van der Waals surface area contributed by atoms with Crippen LogP contribution in [0.25, 0.3) is 0 Å². The zero-order valence-electron chi connectivity index (χ0n) is 15.3. The van der Waals surface area contributed by atoms with Crippen molar-refractivity contribution in [3.8, 4) is 0 Å². The summed E-state index contributed by atoms with van der Waals surface area (Å²) in [6, 6.07) is 15.6. The lowest BCUT2D eigenvalue weighted by Crippen LogP contribution is -2.51. The molecule has 0 radical (unpaired) electrons. The lowest BCUT2D eigenvalue weighted by atomic mass is 10.0. The van der Waals surface area contributed by atoms with Crippen LogP contribution < -0.4 is 0 Å². The van der Waals surface area contributed by atoms with Crippen LogP contribution in [0.5, 0.6) is 0 Å². The summed E-state index contributed by atoms with van der Waals surface area (Å²) in [4.78, 5) is 38.3. The Labute approximate surface area is 157 Å². The van der Waals surface area contributed by atoms with Crippen molar-refractivity contribution in [2.24, 2.45) is 0 Å². The summed E-state index contributed by atoms with van der Waals surface area (Å²) in [7, 11) is 1.52. The van der Waals surface area contributed by atoms with Gasteiger partial charge in [-0.25, -0.2) is 0 Å². The first-order chi connectivity index (χ1) is 13.0. The van der Waals surface area contributed by atoms with Crippen molar-refractivity contribution in [3.05, 3.63) is 71.3 Å². The van der Waals surface area contributed by atoms with Crippen LogP contribution in [0, 0.1) is 0 Å².